The van der Waals surface area contributed by atoms with Crippen LogP contribution in [0.4, 0.5) is 14.9 Å². The monoisotopic (exact) mass is 584 g/mol. The average Bonchev–Trinajstić information content (AvgIpc) is 2.82. The summed E-state index contributed by atoms with van der Waals surface area (Å²) in [5.74, 6) is -1.29. The van der Waals surface area contributed by atoms with Gasteiger partial charge in [-0.25, -0.2) is 14.1 Å². The average molecular weight is 584 g/mol. The highest BCUT2D eigenvalue weighted by Crippen LogP contribution is 2.31. The van der Waals surface area contributed by atoms with Crippen molar-refractivity contribution in [2.24, 2.45) is 0 Å². The Morgan fingerprint density at radius 2 is 1.80 bits per heavy atom. The summed E-state index contributed by atoms with van der Waals surface area (Å²) in [7, 11) is 1.51. The summed E-state index contributed by atoms with van der Waals surface area (Å²) in [6.45, 7) is 3.69. The van der Waals surface area contributed by atoms with Gasteiger partial charge in [-0.15, -0.1) is 0 Å². The van der Waals surface area contributed by atoms with Crippen molar-refractivity contribution in [1.29, 1.82) is 0 Å². The van der Waals surface area contributed by atoms with Crippen LogP contribution in [-0.2, 0) is 16.0 Å². The van der Waals surface area contributed by atoms with Crippen LogP contribution in [0.25, 0.3) is 6.08 Å². The van der Waals surface area contributed by atoms with E-state index in [0.29, 0.717) is 29.0 Å². The molecule has 1 fully saturated rings. The highest BCUT2D eigenvalue weighted by atomic mass is 127. The number of anilines is 1. The van der Waals surface area contributed by atoms with E-state index in [9.17, 15) is 18.8 Å². The molecule has 4 amide bonds. The van der Waals surface area contributed by atoms with E-state index in [4.69, 9.17) is 4.74 Å². The minimum absolute atomic E-state index is 0.176. The first-order chi connectivity index (χ1) is 16.7. The highest BCUT2D eigenvalue weighted by molar-refractivity contribution is 14.1. The van der Waals surface area contributed by atoms with Crippen LogP contribution in [0.15, 0.2) is 60.2 Å². The molecule has 0 spiro atoms. The zero-order chi connectivity index (χ0) is 25.3. The maximum Gasteiger partial charge on any atom is 0.335 e. The van der Waals surface area contributed by atoms with Gasteiger partial charge in [0.05, 0.1) is 12.8 Å². The van der Waals surface area contributed by atoms with E-state index in [-0.39, 0.29) is 11.4 Å². The summed E-state index contributed by atoms with van der Waals surface area (Å²) in [6, 6.07) is 14.5. The number of nitrogens with one attached hydrogen (secondary N) is 1. The molecule has 0 bridgehead atoms. The van der Waals surface area contributed by atoms with Gasteiger partial charge in [0, 0.05) is 15.6 Å². The lowest BCUT2D eigenvalue weighted by atomic mass is 10.00. The number of nitrogens with zero attached hydrogens (tertiary/aromatic N) is 1. The number of urea groups is 1. The van der Waals surface area contributed by atoms with E-state index in [1.165, 1.54) is 19.3 Å². The Hall–Kier alpha value is -3.53. The summed E-state index contributed by atoms with van der Waals surface area (Å²) < 4.78 is 20.5. The van der Waals surface area contributed by atoms with Crippen LogP contribution in [0, 0.1) is 23.2 Å². The number of halogens is 2. The zero-order valence-electron chi connectivity index (χ0n) is 19.3. The van der Waals surface area contributed by atoms with Gasteiger partial charge < -0.3 is 4.74 Å². The van der Waals surface area contributed by atoms with Gasteiger partial charge in [0.1, 0.15) is 17.1 Å². The molecule has 8 heteroatoms. The number of methoxy groups -OCH3 is 1. The number of aryl methyl sites for hydroxylation is 1. The van der Waals surface area contributed by atoms with E-state index in [1.54, 1.807) is 42.5 Å². The first-order valence-electron chi connectivity index (χ1n) is 10.8. The smallest absolute Gasteiger partial charge is 0.335 e. The molecule has 35 heavy (non-hydrogen) atoms. The maximum absolute atomic E-state index is 14.2. The van der Waals surface area contributed by atoms with Crippen molar-refractivity contribution in [3.05, 3.63) is 97.4 Å². The first-order valence-corrected chi connectivity index (χ1v) is 11.9. The molecule has 3 aromatic rings. The van der Waals surface area contributed by atoms with Crippen LogP contribution < -0.4 is 15.0 Å². The summed E-state index contributed by atoms with van der Waals surface area (Å²) in [4.78, 5) is 39.5. The van der Waals surface area contributed by atoms with E-state index in [0.717, 1.165) is 25.2 Å². The van der Waals surface area contributed by atoms with Crippen molar-refractivity contribution >= 4 is 52.2 Å². The Balaban J connectivity index is 1.73. The maximum atomic E-state index is 14.2. The van der Waals surface area contributed by atoms with Crippen LogP contribution in [0.2, 0.25) is 0 Å². The number of benzene rings is 3. The van der Waals surface area contributed by atoms with Crippen molar-refractivity contribution < 1.29 is 23.5 Å². The Kier molecular flexibility index (Phi) is 7.02. The molecule has 0 unspecified atom stereocenters. The lowest BCUT2D eigenvalue weighted by Crippen LogP contribution is -2.54. The number of hydrogen-bond acceptors (Lipinski definition) is 4. The first kappa shape index (κ1) is 24.6. The number of barbiturate groups is 1. The van der Waals surface area contributed by atoms with Crippen LogP contribution in [0.1, 0.15) is 27.8 Å². The summed E-state index contributed by atoms with van der Waals surface area (Å²) in [5, 5.41) is 2.25. The molecule has 0 radical (unpaired) electrons. The highest BCUT2D eigenvalue weighted by Gasteiger charge is 2.37. The number of carbonyl (C=O) groups excluding carboxylic acids is 3. The Labute approximate surface area is 215 Å². The van der Waals surface area contributed by atoms with E-state index < -0.39 is 17.8 Å². The molecule has 1 aliphatic rings. The van der Waals surface area contributed by atoms with Gasteiger partial charge in [-0.3, -0.25) is 14.9 Å². The lowest BCUT2D eigenvalue weighted by Gasteiger charge is -2.28. The summed E-state index contributed by atoms with van der Waals surface area (Å²) >= 11 is 2.12. The number of amides is 4. The van der Waals surface area contributed by atoms with Gasteiger partial charge in [0.25, 0.3) is 11.8 Å². The standard InChI is InChI=1S/C27H22FIN2O4/c1-15-7-6-10-23(16(15)2)31-26(33)20(25(32)30-27(31)34)11-17-12-22(29)19(24(13-17)35-3)14-18-8-4-5-9-21(18)28/h4-13H,14H2,1-3H3,(H,30,32,34)/b20-11+. The van der Waals surface area contributed by atoms with E-state index in [2.05, 4.69) is 27.9 Å². The van der Waals surface area contributed by atoms with Crippen LogP contribution in [0.3, 0.4) is 0 Å². The minimum Gasteiger partial charge on any atom is -0.496 e. The van der Waals surface area contributed by atoms with Gasteiger partial charge in [-0.05, 0) is 89.0 Å². The largest absolute Gasteiger partial charge is 0.496 e. The SMILES string of the molecule is COc1cc(/C=C2\C(=O)NC(=O)N(c3cccc(C)c3C)C2=O)cc(I)c1Cc1ccccc1F. The number of imide groups is 2. The molecule has 1 aliphatic heterocycles. The van der Waals surface area contributed by atoms with Crippen LogP contribution >= 0.6 is 22.6 Å². The predicted molar refractivity (Wildman–Crippen MR) is 140 cm³/mol. The molecular formula is C27H22FIN2O4. The molecule has 3 aromatic carbocycles. The number of ether oxygens (including phenoxy) is 1. The molecule has 178 valence electrons. The van der Waals surface area contributed by atoms with E-state index >= 15 is 0 Å². The molecule has 1 N–H and O–H groups in total. The Morgan fingerprint density at radius 1 is 1.06 bits per heavy atom. The fourth-order valence-corrected chi connectivity index (χ4v) is 4.74. The lowest BCUT2D eigenvalue weighted by molar-refractivity contribution is -0.122. The second-order valence-corrected chi connectivity index (χ2v) is 9.29. The van der Waals surface area contributed by atoms with Crippen molar-refractivity contribution in [3.8, 4) is 5.75 Å². The second kappa shape index (κ2) is 9.99. The molecule has 1 heterocycles. The van der Waals surface area contributed by atoms with Crippen LogP contribution in [-0.4, -0.2) is 25.0 Å². The van der Waals surface area contributed by atoms with Gasteiger partial charge >= 0.3 is 6.03 Å². The molecule has 0 atom stereocenters. The van der Waals surface area contributed by atoms with Gasteiger partial charge in [-0.1, -0.05) is 30.3 Å². The number of rotatable bonds is 5. The Bertz CT molecular complexity index is 1400. The fourth-order valence-electron chi connectivity index (χ4n) is 3.92. The van der Waals surface area contributed by atoms with Gasteiger partial charge in [-0.2, -0.15) is 0 Å². The van der Waals surface area contributed by atoms with Gasteiger partial charge in [0.2, 0.25) is 0 Å². The molecular weight excluding hydrogens is 562 g/mol. The number of hydrogen-bond donors (Lipinski definition) is 1. The zero-order valence-corrected chi connectivity index (χ0v) is 21.5. The van der Waals surface area contributed by atoms with Crippen molar-refractivity contribution in [1.82, 2.24) is 5.32 Å². The van der Waals surface area contributed by atoms with Crippen LogP contribution in [0.5, 0.6) is 5.75 Å². The number of carbonyl (C=O) groups is 3. The van der Waals surface area contributed by atoms with Crippen molar-refractivity contribution in [3.63, 3.8) is 0 Å². The van der Waals surface area contributed by atoms with Crippen molar-refractivity contribution in [2.75, 3.05) is 12.0 Å². The summed E-state index contributed by atoms with van der Waals surface area (Å²) in [5.41, 5.74) is 3.76. The van der Waals surface area contributed by atoms with Crippen molar-refractivity contribution in [2.45, 2.75) is 20.3 Å². The fraction of sp³-hybridized carbons (Fsp3) is 0.148. The summed E-state index contributed by atoms with van der Waals surface area (Å²) in [6.07, 6.45) is 1.75. The third-order valence-electron chi connectivity index (χ3n) is 5.95. The van der Waals surface area contributed by atoms with Gasteiger partial charge in [0.15, 0.2) is 0 Å². The second-order valence-electron chi connectivity index (χ2n) is 8.13. The molecule has 1 saturated heterocycles. The Morgan fingerprint density at radius 3 is 2.51 bits per heavy atom. The molecule has 6 nitrogen and oxygen atoms in total. The normalized spacial score (nSPS) is 14.9. The topological polar surface area (TPSA) is 75.7 Å². The molecule has 0 aliphatic carbocycles. The predicted octanol–water partition coefficient (Wildman–Crippen LogP) is 5.31. The molecule has 0 aromatic heterocycles. The third-order valence-corrected chi connectivity index (χ3v) is 6.91. The van der Waals surface area contributed by atoms with E-state index in [1.807, 2.05) is 19.9 Å². The molecule has 0 saturated carbocycles. The third kappa shape index (κ3) is 4.84. The minimum atomic E-state index is -0.793. The quantitative estimate of drug-likeness (QED) is 0.251. The molecule has 4 rings (SSSR count).